The first-order valence-electron chi connectivity index (χ1n) is 11.3. The summed E-state index contributed by atoms with van der Waals surface area (Å²) in [6.07, 6.45) is 3.12. The maximum Gasteiger partial charge on any atom is 0.262 e. The van der Waals surface area contributed by atoms with E-state index in [1.165, 1.54) is 12.5 Å². The molecule has 5 rings (SSSR count). The number of anilines is 1. The van der Waals surface area contributed by atoms with Crippen molar-refractivity contribution in [3.8, 4) is 28.9 Å². The molecule has 4 heterocycles. The van der Waals surface area contributed by atoms with E-state index < -0.39 is 23.8 Å². The second-order valence-corrected chi connectivity index (χ2v) is 8.74. The summed E-state index contributed by atoms with van der Waals surface area (Å²) < 4.78 is 16.9. The first-order chi connectivity index (χ1) is 17.4. The molecule has 3 aromatic heterocycles. The summed E-state index contributed by atoms with van der Waals surface area (Å²) in [6.45, 7) is 3.77. The summed E-state index contributed by atoms with van der Waals surface area (Å²) in [7, 11) is 0. The van der Waals surface area contributed by atoms with Gasteiger partial charge in [-0.1, -0.05) is 26.0 Å². The zero-order valence-electron chi connectivity index (χ0n) is 19.5. The number of fused-ring (bicyclic) bond motifs is 1. The molecular weight excluding hydrogens is 462 g/mol. The molecule has 1 atom stereocenters. The van der Waals surface area contributed by atoms with Crippen LogP contribution in [-0.4, -0.2) is 28.7 Å². The van der Waals surface area contributed by atoms with E-state index in [0.29, 0.717) is 17.1 Å². The van der Waals surface area contributed by atoms with Crippen molar-refractivity contribution >= 4 is 23.6 Å². The summed E-state index contributed by atoms with van der Waals surface area (Å²) in [5.74, 6) is -1.00. The third-order valence-corrected chi connectivity index (χ3v) is 5.90. The van der Waals surface area contributed by atoms with E-state index in [-0.39, 0.29) is 40.7 Å². The topological polar surface area (TPSA) is 130 Å². The standard InChI is InChI=1S/C27H21N3O6/c1-15(2)13-19(30-26(32)16-7-3-4-8-17(16)27(30)33)24(31)29-25-18(14-28)22(20-9-5-11-34-20)23(36-25)21-10-6-12-35-21/h3-12,15,19H,13H2,1-2H3,(H,29,31)/t19-/m0/s1. The van der Waals surface area contributed by atoms with Gasteiger partial charge in [0.25, 0.3) is 11.8 Å². The van der Waals surface area contributed by atoms with Crippen LogP contribution in [0.4, 0.5) is 5.88 Å². The zero-order chi connectivity index (χ0) is 25.4. The molecule has 0 bridgehead atoms. The summed E-state index contributed by atoms with van der Waals surface area (Å²) in [6, 6.07) is 14.0. The first-order valence-corrected chi connectivity index (χ1v) is 11.3. The normalized spacial score (nSPS) is 13.7. The van der Waals surface area contributed by atoms with Crippen LogP contribution in [0.15, 0.2) is 74.3 Å². The van der Waals surface area contributed by atoms with Gasteiger partial charge in [0.05, 0.1) is 29.2 Å². The molecule has 9 nitrogen and oxygen atoms in total. The van der Waals surface area contributed by atoms with Gasteiger partial charge in [0.15, 0.2) is 11.5 Å². The number of furan rings is 3. The number of benzene rings is 1. The average molecular weight is 483 g/mol. The van der Waals surface area contributed by atoms with E-state index in [4.69, 9.17) is 13.3 Å². The highest BCUT2D eigenvalue weighted by molar-refractivity contribution is 6.23. The Morgan fingerprint density at radius 2 is 1.58 bits per heavy atom. The number of imide groups is 1. The van der Waals surface area contributed by atoms with Crippen molar-refractivity contribution in [3.05, 3.63) is 77.7 Å². The van der Waals surface area contributed by atoms with Crippen molar-refractivity contribution < 1.29 is 27.6 Å². The SMILES string of the molecule is CC(C)C[C@@H](C(=O)Nc1oc(-c2ccco2)c(-c2ccco2)c1C#N)N1C(=O)c2ccccc2C1=O. The van der Waals surface area contributed by atoms with Crippen LogP contribution in [0.1, 0.15) is 46.5 Å². The monoisotopic (exact) mass is 483 g/mol. The third kappa shape index (κ3) is 3.79. The van der Waals surface area contributed by atoms with Crippen LogP contribution in [0, 0.1) is 17.2 Å². The van der Waals surface area contributed by atoms with Crippen LogP contribution in [0.5, 0.6) is 0 Å². The van der Waals surface area contributed by atoms with E-state index in [1.807, 2.05) is 13.8 Å². The van der Waals surface area contributed by atoms with E-state index in [9.17, 15) is 19.6 Å². The molecule has 0 spiro atoms. The summed E-state index contributed by atoms with van der Waals surface area (Å²) in [4.78, 5) is 40.8. The van der Waals surface area contributed by atoms with Gasteiger partial charge < -0.3 is 13.3 Å². The maximum absolute atomic E-state index is 13.6. The number of carbonyl (C=O) groups excluding carboxylic acids is 3. The Hall–Kier alpha value is -4.84. The molecule has 4 aromatic rings. The Bertz CT molecular complexity index is 1450. The van der Waals surface area contributed by atoms with Gasteiger partial charge in [0.1, 0.15) is 23.4 Å². The van der Waals surface area contributed by atoms with Crippen molar-refractivity contribution in [2.75, 3.05) is 5.32 Å². The van der Waals surface area contributed by atoms with Gasteiger partial charge >= 0.3 is 0 Å². The summed E-state index contributed by atoms with van der Waals surface area (Å²) in [5.41, 5.74) is 0.837. The number of hydrogen-bond acceptors (Lipinski definition) is 7. The van der Waals surface area contributed by atoms with Gasteiger partial charge in [-0.2, -0.15) is 5.26 Å². The second-order valence-electron chi connectivity index (χ2n) is 8.74. The molecule has 1 aliphatic rings. The van der Waals surface area contributed by atoms with Gasteiger partial charge in [-0.05, 0) is 48.7 Å². The van der Waals surface area contributed by atoms with E-state index >= 15 is 0 Å². The van der Waals surface area contributed by atoms with Crippen LogP contribution in [0.2, 0.25) is 0 Å². The lowest BCUT2D eigenvalue weighted by Crippen LogP contribution is -2.48. The fourth-order valence-corrected chi connectivity index (χ4v) is 4.33. The number of rotatable bonds is 7. The molecule has 36 heavy (non-hydrogen) atoms. The number of hydrogen-bond donors (Lipinski definition) is 1. The van der Waals surface area contributed by atoms with Gasteiger partial charge in [-0.3, -0.25) is 24.6 Å². The third-order valence-electron chi connectivity index (χ3n) is 5.90. The lowest BCUT2D eigenvalue weighted by Gasteiger charge is -2.26. The molecule has 3 amide bonds. The molecular formula is C27H21N3O6. The fourth-order valence-electron chi connectivity index (χ4n) is 4.33. The van der Waals surface area contributed by atoms with Crippen LogP contribution in [-0.2, 0) is 4.79 Å². The van der Waals surface area contributed by atoms with Crippen molar-refractivity contribution in [2.45, 2.75) is 26.3 Å². The molecule has 0 saturated carbocycles. The smallest absolute Gasteiger partial charge is 0.262 e. The summed E-state index contributed by atoms with van der Waals surface area (Å²) in [5, 5.41) is 12.6. The zero-order valence-corrected chi connectivity index (χ0v) is 19.5. The predicted octanol–water partition coefficient (Wildman–Crippen LogP) is 5.32. The number of carbonyl (C=O) groups is 3. The van der Waals surface area contributed by atoms with Crippen molar-refractivity contribution in [3.63, 3.8) is 0 Å². The summed E-state index contributed by atoms with van der Waals surface area (Å²) >= 11 is 0. The lowest BCUT2D eigenvalue weighted by molar-refractivity contribution is -0.120. The molecule has 1 aromatic carbocycles. The number of nitrogens with zero attached hydrogens (tertiary/aromatic N) is 2. The Balaban J connectivity index is 1.54. The number of nitrogens with one attached hydrogen (secondary N) is 1. The molecule has 0 saturated heterocycles. The lowest BCUT2D eigenvalue weighted by atomic mass is 10.0. The minimum atomic E-state index is -1.12. The minimum Gasteiger partial charge on any atom is -0.464 e. The highest BCUT2D eigenvalue weighted by Gasteiger charge is 2.43. The Morgan fingerprint density at radius 3 is 2.11 bits per heavy atom. The van der Waals surface area contributed by atoms with Gasteiger partial charge in [-0.25, -0.2) is 0 Å². The average Bonchev–Trinajstić information content (AvgIpc) is 3.65. The van der Waals surface area contributed by atoms with Gasteiger partial charge in [0.2, 0.25) is 11.8 Å². The van der Waals surface area contributed by atoms with Crippen LogP contribution < -0.4 is 5.32 Å². The van der Waals surface area contributed by atoms with E-state index in [1.54, 1.807) is 48.5 Å². The van der Waals surface area contributed by atoms with Crippen molar-refractivity contribution in [1.82, 2.24) is 4.90 Å². The predicted molar refractivity (Wildman–Crippen MR) is 128 cm³/mol. The second kappa shape index (κ2) is 9.07. The molecule has 0 unspecified atom stereocenters. The van der Waals surface area contributed by atoms with E-state index in [2.05, 4.69) is 11.4 Å². The molecule has 9 heteroatoms. The fraction of sp³-hybridized carbons (Fsp3) is 0.185. The minimum absolute atomic E-state index is 0.0190. The van der Waals surface area contributed by atoms with Crippen LogP contribution >= 0.6 is 0 Å². The highest BCUT2D eigenvalue weighted by Crippen LogP contribution is 2.42. The van der Waals surface area contributed by atoms with Gasteiger partial charge in [-0.15, -0.1) is 0 Å². The van der Waals surface area contributed by atoms with Crippen LogP contribution in [0.25, 0.3) is 22.8 Å². The van der Waals surface area contributed by atoms with Crippen molar-refractivity contribution in [2.24, 2.45) is 5.92 Å². The molecule has 1 aliphatic heterocycles. The Morgan fingerprint density at radius 1 is 0.972 bits per heavy atom. The molecule has 0 radical (unpaired) electrons. The quantitative estimate of drug-likeness (QED) is 0.352. The van der Waals surface area contributed by atoms with Crippen molar-refractivity contribution in [1.29, 1.82) is 5.26 Å². The molecule has 0 fully saturated rings. The largest absolute Gasteiger partial charge is 0.464 e. The van der Waals surface area contributed by atoms with Crippen LogP contribution in [0.3, 0.4) is 0 Å². The number of nitriles is 1. The first kappa shape index (κ1) is 22.9. The molecule has 1 N–H and O–H groups in total. The maximum atomic E-state index is 13.6. The van der Waals surface area contributed by atoms with E-state index in [0.717, 1.165) is 4.90 Å². The molecule has 0 aliphatic carbocycles. The van der Waals surface area contributed by atoms with Gasteiger partial charge in [0, 0.05) is 0 Å². The Kier molecular flexibility index (Phi) is 5.78. The Labute approximate surface area is 205 Å². The molecule has 180 valence electrons. The highest BCUT2D eigenvalue weighted by atomic mass is 16.4. The number of amides is 3.